The molecule has 0 spiro atoms. The summed E-state index contributed by atoms with van der Waals surface area (Å²) in [6, 6.07) is 16.6. The molecule has 4 atom stereocenters. The van der Waals surface area contributed by atoms with Gasteiger partial charge in [0.1, 0.15) is 11.5 Å². The Kier molecular flexibility index (Phi) is 7.11. The topological polar surface area (TPSA) is 121 Å². The summed E-state index contributed by atoms with van der Waals surface area (Å²) in [7, 11) is 0. The Balaban J connectivity index is 2.28. The van der Waals surface area contributed by atoms with Crippen LogP contribution in [0.5, 0.6) is 0 Å². The second kappa shape index (κ2) is 8.96. The van der Waals surface area contributed by atoms with Crippen LogP contribution in [0.15, 0.2) is 72.2 Å². The first-order valence-corrected chi connectivity index (χ1v) is 8.93. The van der Waals surface area contributed by atoms with Gasteiger partial charge in [-0.15, -0.1) is 0 Å². The van der Waals surface area contributed by atoms with Crippen LogP contribution in [-0.2, 0) is 0 Å². The van der Waals surface area contributed by atoms with Crippen LogP contribution < -0.4 is 0 Å². The first-order chi connectivity index (χ1) is 13.1. The molecule has 2 rings (SSSR count). The fourth-order valence-electron chi connectivity index (χ4n) is 2.37. The van der Waals surface area contributed by atoms with Crippen molar-refractivity contribution in [2.24, 2.45) is 0 Å². The van der Waals surface area contributed by atoms with E-state index in [0.29, 0.717) is 11.1 Å². The molecule has 2 aromatic carbocycles. The molecule has 0 unspecified atom stereocenters. The molecular formula is C20H20Cl2O6. The molecule has 0 aliphatic carbocycles. The summed E-state index contributed by atoms with van der Waals surface area (Å²) in [4.78, 5) is 0. The number of aliphatic hydroxyl groups excluding tert-OH is 4. The summed E-state index contributed by atoms with van der Waals surface area (Å²) in [5.74, 6) is -1.64. The van der Waals surface area contributed by atoms with Gasteiger partial charge in [-0.05, 0) is 23.3 Å². The summed E-state index contributed by atoms with van der Waals surface area (Å²) >= 11 is 11.6. The molecule has 0 amide bonds. The molecule has 150 valence electrons. The van der Waals surface area contributed by atoms with Crippen molar-refractivity contribution in [2.45, 2.75) is 22.3 Å². The number of benzene rings is 2. The molecule has 6 nitrogen and oxygen atoms in total. The molecule has 0 bridgehead atoms. The lowest BCUT2D eigenvalue weighted by atomic mass is 9.97. The number of alkyl halides is 2. The second-order valence-electron chi connectivity index (χ2n) is 6.11. The summed E-state index contributed by atoms with van der Waals surface area (Å²) in [6.07, 6.45) is -2.40. The van der Waals surface area contributed by atoms with Crippen molar-refractivity contribution < 1.29 is 30.6 Å². The summed E-state index contributed by atoms with van der Waals surface area (Å²) in [6.45, 7) is 0. The van der Waals surface area contributed by atoms with Gasteiger partial charge >= 0.3 is 0 Å². The number of halogens is 2. The van der Waals surface area contributed by atoms with Crippen molar-refractivity contribution in [3.8, 4) is 0 Å². The lowest BCUT2D eigenvalue weighted by Crippen LogP contribution is -2.61. The zero-order valence-corrected chi connectivity index (χ0v) is 16.0. The van der Waals surface area contributed by atoms with Crippen LogP contribution in [0.4, 0.5) is 0 Å². The minimum Gasteiger partial charge on any atom is -0.509 e. The van der Waals surface area contributed by atoms with Crippen molar-refractivity contribution in [1.29, 1.82) is 0 Å². The van der Waals surface area contributed by atoms with Crippen LogP contribution in [0.25, 0.3) is 12.2 Å². The molecule has 0 heterocycles. The highest BCUT2D eigenvalue weighted by Gasteiger charge is 2.59. The number of hydrogen-bond acceptors (Lipinski definition) is 6. The van der Waals surface area contributed by atoms with Gasteiger partial charge in [0.15, 0.2) is 12.2 Å². The van der Waals surface area contributed by atoms with E-state index in [0.717, 1.165) is 12.2 Å². The molecule has 0 fully saturated rings. The molecule has 8 heteroatoms. The number of aliphatic hydroxyl groups is 6. The molecule has 2 aromatic rings. The van der Waals surface area contributed by atoms with Crippen LogP contribution in [0.2, 0.25) is 0 Å². The minimum absolute atomic E-state index is 0.469. The van der Waals surface area contributed by atoms with E-state index >= 15 is 0 Å². The van der Waals surface area contributed by atoms with Crippen LogP contribution in [0.3, 0.4) is 0 Å². The molecule has 28 heavy (non-hydrogen) atoms. The summed E-state index contributed by atoms with van der Waals surface area (Å²) in [5.41, 5.74) is 0.939. The van der Waals surface area contributed by atoms with E-state index in [2.05, 4.69) is 0 Å². The number of rotatable bonds is 7. The second-order valence-corrected chi connectivity index (χ2v) is 7.26. The van der Waals surface area contributed by atoms with Gasteiger partial charge in [-0.3, -0.25) is 0 Å². The highest BCUT2D eigenvalue weighted by molar-refractivity contribution is 6.34. The quantitative estimate of drug-likeness (QED) is 0.299. The first kappa shape index (κ1) is 22.2. The Hall–Kier alpha value is -2.06. The first-order valence-electron chi connectivity index (χ1n) is 8.17. The standard InChI is InChI=1S/C20H20Cl2O6/c21-19(27,17(25)15(23)11-13-7-3-1-4-8-13)20(22,28)18(26)16(24)12-14-9-5-2-6-10-14/h1-12,17-18,23-28H/t17-,18+,19-,20-/m1/s1. The third kappa shape index (κ3) is 4.86. The van der Waals surface area contributed by atoms with Crippen molar-refractivity contribution in [3.63, 3.8) is 0 Å². The van der Waals surface area contributed by atoms with Gasteiger partial charge in [-0.25, -0.2) is 0 Å². The Morgan fingerprint density at radius 1 is 0.679 bits per heavy atom. The van der Waals surface area contributed by atoms with E-state index in [1.165, 1.54) is 0 Å². The van der Waals surface area contributed by atoms with E-state index in [1.54, 1.807) is 60.7 Å². The van der Waals surface area contributed by atoms with Gasteiger partial charge in [0.05, 0.1) is 0 Å². The van der Waals surface area contributed by atoms with Crippen LogP contribution >= 0.6 is 23.2 Å². The van der Waals surface area contributed by atoms with Gasteiger partial charge in [0, 0.05) is 0 Å². The maximum Gasteiger partial charge on any atom is 0.218 e. The Morgan fingerprint density at radius 3 is 1.25 bits per heavy atom. The summed E-state index contributed by atoms with van der Waals surface area (Å²) < 4.78 is 0. The molecule has 0 aliphatic heterocycles. The van der Waals surface area contributed by atoms with E-state index in [1.807, 2.05) is 0 Å². The molecule has 0 aromatic heterocycles. The molecule has 0 saturated heterocycles. The highest BCUT2D eigenvalue weighted by atomic mass is 35.5. The maximum atomic E-state index is 10.4. The summed E-state index contributed by atoms with van der Waals surface area (Å²) in [5, 5.41) is 55.0. The van der Waals surface area contributed by atoms with Gasteiger partial charge in [-0.2, -0.15) is 0 Å². The smallest absolute Gasteiger partial charge is 0.218 e. The van der Waals surface area contributed by atoms with Crippen molar-refractivity contribution >= 4 is 35.4 Å². The fraction of sp³-hybridized carbons (Fsp3) is 0.200. The van der Waals surface area contributed by atoms with Gasteiger partial charge in [0.25, 0.3) is 0 Å². The molecular weight excluding hydrogens is 407 g/mol. The van der Waals surface area contributed by atoms with Crippen molar-refractivity contribution in [1.82, 2.24) is 0 Å². The lowest BCUT2D eigenvalue weighted by molar-refractivity contribution is -0.149. The van der Waals surface area contributed by atoms with Crippen LogP contribution in [-0.4, -0.2) is 53.0 Å². The third-order valence-corrected chi connectivity index (χ3v) is 5.09. The van der Waals surface area contributed by atoms with Crippen molar-refractivity contribution in [3.05, 3.63) is 83.3 Å². The van der Waals surface area contributed by atoms with E-state index in [-0.39, 0.29) is 0 Å². The van der Waals surface area contributed by atoms with Gasteiger partial charge in [0.2, 0.25) is 10.1 Å². The Bertz CT molecular complexity index is 763. The van der Waals surface area contributed by atoms with E-state index in [4.69, 9.17) is 23.2 Å². The highest BCUT2D eigenvalue weighted by Crippen LogP contribution is 2.40. The monoisotopic (exact) mass is 426 g/mol. The molecule has 0 aliphatic rings. The zero-order chi connectivity index (χ0) is 20.9. The van der Waals surface area contributed by atoms with Crippen molar-refractivity contribution in [2.75, 3.05) is 0 Å². The van der Waals surface area contributed by atoms with E-state index < -0.39 is 33.8 Å². The largest absolute Gasteiger partial charge is 0.509 e. The predicted octanol–water partition coefficient (Wildman–Crippen LogP) is 2.76. The Morgan fingerprint density at radius 2 is 0.964 bits per heavy atom. The lowest BCUT2D eigenvalue weighted by Gasteiger charge is -2.39. The Labute approximate surface area is 171 Å². The SMILES string of the molecule is OC(=Cc1ccccc1)[C@@H](O)[C@](O)(Cl)[C@@](O)(Cl)[C@@H](O)C(O)=Cc1ccccc1. The predicted molar refractivity (Wildman–Crippen MR) is 108 cm³/mol. The van der Waals surface area contributed by atoms with Crippen LogP contribution in [0.1, 0.15) is 11.1 Å². The normalized spacial score (nSPS) is 19.4. The minimum atomic E-state index is -3.16. The maximum absolute atomic E-state index is 10.4. The van der Waals surface area contributed by atoms with Gasteiger partial charge < -0.3 is 30.6 Å². The third-order valence-electron chi connectivity index (χ3n) is 4.01. The molecule has 0 saturated carbocycles. The average molecular weight is 427 g/mol. The molecule has 0 radical (unpaired) electrons. The fourth-order valence-corrected chi connectivity index (χ4v) is 2.80. The van der Waals surface area contributed by atoms with Gasteiger partial charge in [-0.1, -0.05) is 83.9 Å². The zero-order valence-electron chi connectivity index (χ0n) is 14.5. The van der Waals surface area contributed by atoms with Crippen LogP contribution in [0, 0.1) is 0 Å². The number of hydrogen-bond donors (Lipinski definition) is 6. The molecule has 6 N–H and O–H groups in total. The average Bonchev–Trinajstić information content (AvgIpc) is 2.68. The van der Waals surface area contributed by atoms with E-state index in [9.17, 15) is 30.6 Å².